The van der Waals surface area contributed by atoms with Crippen molar-refractivity contribution in [3.63, 3.8) is 0 Å². The van der Waals surface area contributed by atoms with Crippen LogP contribution in [0.4, 0.5) is 4.79 Å². The Labute approximate surface area is 234 Å². The second kappa shape index (κ2) is 11.8. The Morgan fingerprint density at radius 1 is 1.12 bits per heavy atom. The Hall–Kier alpha value is -3.79. The van der Waals surface area contributed by atoms with Gasteiger partial charge in [-0.2, -0.15) is 0 Å². The predicted molar refractivity (Wildman–Crippen MR) is 151 cm³/mol. The topological polar surface area (TPSA) is 106 Å². The Balaban J connectivity index is 1.23. The van der Waals surface area contributed by atoms with E-state index in [0.29, 0.717) is 43.4 Å². The van der Waals surface area contributed by atoms with E-state index in [-0.39, 0.29) is 17.7 Å². The maximum atomic E-state index is 13.3. The molecule has 10 nitrogen and oxygen atoms in total. The Morgan fingerprint density at radius 3 is 2.60 bits per heavy atom. The number of carbonyl (C=O) groups is 1. The number of rotatable bonds is 7. The molecule has 2 aliphatic rings. The fraction of sp³-hybridized carbons (Fsp3) is 0.500. The molecule has 0 spiro atoms. The number of aromatic nitrogens is 2. The molecular weight excluding hydrogens is 512 g/mol. The summed E-state index contributed by atoms with van der Waals surface area (Å²) in [6, 6.07) is 9.51. The van der Waals surface area contributed by atoms with E-state index in [2.05, 4.69) is 14.9 Å². The van der Waals surface area contributed by atoms with Crippen LogP contribution in [0.1, 0.15) is 44.9 Å². The number of likely N-dealkylation sites (tertiary alicyclic amines) is 1. The van der Waals surface area contributed by atoms with Crippen LogP contribution >= 0.6 is 0 Å². The average molecular weight is 551 g/mol. The van der Waals surface area contributed by atoms with Gasteiger partial charge in [0.1, 0.15) is 24.6 Å². The molecule has 214 valence electrons. The van der Waals surface area contributed by atoms with Crippen LogP contribution in [0.15, 0.2) is 41.3 Å². The van der Waals surface area contributed by atoms with Crippen LogP contribution in [0, 0.1) is 0 Å². The lowest BCUT2D eigenvalue weighted by Crippen LogP contribution is -2.49. The van der Waals surface area contributed by atoms with E-state index in [1.165, 1.54) is 0 Å². The lowest BCUT2D eigenvalue weighted by Gasteiger charge is -2.39. The van der Waals surface area contributed by atoms with Gasteiger partial charge in [-0.1, -0.05) is 0 Å². The van der Waals surface area contributed by atoms with E-state index >= 15 is 0 Å². The van der Waals surface area contributed by atoms with Crippen LogP contribution in [0.3, 0.4) is 0 Å². The van der Waals surface area contributed by atoms with E-state index in [4.69, 9.17) is 18.9 Å². The number of aromatic amines is 1. The zero-order chi connectivity index (χ0) is 28.3. The third kappa shape index (κ3) is 6.67. The molecule has 0 radical (unpaired) electrons. The smallest absolute Gasteiger partial charge is 0.410 e. The number of H-pyrrole nitrogens is 1. The second-order valence-electron chi connectivity index (χ2n) is 11.3. The Kier molecular flexibility index (Phi) is 8.16. The summed E-state index contributed by atoms with van der Waals surface area (Å²) in [5, 5.41) is 0.981. The molecule has 0 atom stereocenters. The van der Waals surface area contributed by atoms with E-state index in [0.717, 1.165) is 54.6 Å². The highest BCUT2D eigenvalue weighted by Gasteiger charge is 2.32. The van der Waals surface area contributed by atoms with Crippen molar-refractivity contribution < 1.29 is 23.7 Å². The molecule has 40 heavy (non-hydrogen) atoms. The average Bonchev–Trinajstić information content (AvgIpc) is 2.94. The van der Waals surface area contributed by atoms with Gasteiger partial charge in [-0.15, -0.1) is 0 Å². The molecule has 2 aliphatic heterocycles. The normalized spacial score (nSPS) is 16.1. The maximum Gasteiger partial charge on any atom is 0.410 e. The molecule has 0 aliphatic carbocycles. The number of nitrogens with one attached hydrogen (secondary N) is 1. The van der Waals surface area contributed by atoms with Crippen molar-refractivity contribution in [3.05, 3.63) is 58.1 Å². The van der Waals surface area contributed by atoms with Gasteiger partial charge in [0.15, 0.2) is 11.5 Å². The van der Waals surface area contributed by atoms with Gasteiger partial charge in [-0.3, -0.25) is 14.7 Å². The first-order chi connectivity index (χ1) is 19.2. The number of amides is 1. The number of nitrogens with zero attached hydrogens (tertiary/aromatic N) is 3. The fourth-order valence-corrected chi connectivity index (χ4v) is 5.18. The number of piperidine rings is 1. The third-order valence-corrected chi connectivity index (χ3v) is 7.27. The summed E-state index contributed by atoms with van der Waals surface area (Å²) < 4.78 is 22.3. The standard InChI is InChI=1S/C30H38N4O6/c1-30(2,3)40-29(36)34(19-22-16-26-27(18-31-22)39-14-13-38-26)23-8-11-33(12-9-23)10-7-21-15-20-5-6-24(37-4)17-25(20)32-28(21)35/h5-6,15-18,23H,7-14,19H2,1-4H3,(H,32,35). The van der Waals surface area contributed by atoms with Gasteiger partial charge < -0.3 is 28.8 Å². The molecule has 4 heterocycles. The van der Waals surface area contributed by atoms with Crippen LogP contribution < -0.4 is 19.8 Å². The summed E-state index contributed by atoms with van der Waals surface area (Å²) in [5.74, 6) is 1.99. The quantitative estimate of drug-likeness (QED) is 0.468. The van der Waals surface area contributed by atoms with Crippen molar-refractivity contribution in [3.8, 4) is 17.2 Å². The number of pyridine rings is 2. The van der Waals surface area contributed by atoms with Crippen LogP contribution in [0.25, 0.3) is 10.9 Å². The summed E-state index contributed by atoms with van der Waals surface area (Å²) in [5.41, 5.74) is 1.58. The molecule has 10 heteroatoms. The van der Waals surface area contributed by atoms with Crippen molar-refractivity contribution in [1.82, 2.24) is 19.8 Å². The van der Waals surface area contributed by atoms with E-state index in [1.807, 2.05) is 51.1 Å². The minimum atomic E-state index is -0.603. The highest BCUT2D eigenvalue weighted by molar-refractivity contribution is 5.80. The van der Waals surface area contributed by atoms with E-state index in [9.17, 15) is 9.59 Å². The minimum absolute atomic E-state index is 0.0140. The zero-order valence-electron chi connectivity index (χ0n) is 23.7. The molecule has 1 saturated heterocycles. The van der Waals surface area contributed by atoms with Crippen molar-refractivity contribution in [2.45, 2.75) is 58.2 Å². The van der Waals surface area contributed by atoms with Gasteiger partial charge in [-0.05, 0) is 63.6 Å². The predicted octanol–water partition coefficient (Wildman–Crippen LogP) is 4.15. The molecule has 0 unspecified atom stereocenters. The Morgan fingerprint density at radius 2 is 1.88 bits per heavy atom. The summed E-state index contributed by atoms with van der Waals surface area (Å²) in [6.07, 6.45) is 3.57. The number of hydrogen-bond donors (Lipinski definition) is 1. The van der Waals surface area contributed by atoms with Gasteiger partial charge in [-0.25, -0.2) is 4.79 Å². The molecule has 0 bridgehead atoms. The molecule has 5 rings (SSSR count). The van der Waals surface area contributed by atoms with Crippen LogP contribution in [-0.2, 0) is 17.7 Å². The van der Waals surface area contributed by atoms with E-state index in [1.54, 1.807) is 18.2 Å². The highest BCUT2D eigenvalue weighted by Crippen LogP contribution is 2.30. The highest BCUT2D eigenvalue weighted by atomic mass is 16.6. The van der Waals surface area contributed by atoms with Crippen LogP contribution in [0.2, 0.25) is 0 Å². The molecule has 2 aromatic heterocycles. The Bertz CT molecular complexity index is 1410. The minimum Gasteiger partial charge on any atom is -0.497 e. The van der Waals surface area contributed by atoms with Crippen molar-refractivity contribution in [1.29, 1.82) is 0 Å². The molecular formula is C30H38N4O6. The molecule has 1 fully saturated rings. The van der Waals surface area contributed by atoms with Gasteiger partial charge in [0.2, 0.25) is 0 Å². The monoisotopic (exact) mass is 550 g/mol. The van der Waals surface area contributed by atoms with Crippen molar-refractivity contribution >= 4 is 17.0 Å². The molecule has 1 aromatic carbocycles. The fourth-order valence-electron chi connectivity index (χ4n) is 5.18. The van der Waals surface area contributed by atoms with Crippen molar-refractivity contribution in [2.24, 2.45) is 0 Å². The van der Waals surface area contributed by atoms with Gasteiger partial charge in [0.05, 0.1) is 31.1 Å². The molecule has 1 N–H and O–H groups in total. The van der Waals surface area contributed by atoms with Gasteiger partial charge in [0, 0.05) is 43.4 Å². The second-order valence-corrected chi connectivity index (χ2v) is 11.3. The van der Waals surface area contributed by atoms with E-state index < -0.39 is 5.60 Å². The first-order valence-electron chi connectivity index (χ1n) is 13.8. The number of ether oxygens (including phenoxy) is 4. The van der Waals surface area contributed by atoms with Gasteiger partial charge in [0.25, 0.3) is 5.56 Å². The lowest BCUT2D eigenvalue weighted by molar-refractivity contribution is 0.00548. The zero-order valence-corrected chi connectivity index (χ0v) is 23.7. The third-order valence-electron chi connectivity index (χ3n) is 7.27. The van der Waals surface area contributed by atoms with Crippen LogP contribution in [0.5, 0.6) is 17.2 Å². The number of carbonyl (C=O) groups excluding carboxylic acids is 1. The first-order valence-corrected chi connectivity index (χ1v) is 13.8. The first kappa shape index (κ1) is 27.8. The van der Waals surface area contributed by atoms with Crippen molar-refractivity contribution in [2.75, 3.05) is 40.0 Å². The summed E-state index contributed by atoms with van der Waals surface area (Å²) >= 11 is 0. The summed E-state index contributed by atoms with van der Waals surface area (Å²) in [7, 11) is 1.61. The summed E-state index contributed by atoms with van der Waals surface area (Å²) in [4.78, 5) is 37.6. The maximum absolute atomic E-state index is 13.3. The molecule has 0 saturated carbocycles. The SMILES string of the molecule is COc1ccc2cc(CCN3CCC(N(Cc4cc5c(cn4)OCCO5)C(=O)OC(C)(C)C)CC3)c(=O)[nH]c2c1. The largest absolute Gasteiger partial charge is 0.497 e. The summed E-state index contributed by atoms with van der Waals surface area (Å²) in [6.45, 7) is 9.35. The van der Waals surface area contributed by atoms with Gasteiger partial charge >= 0.3 is 6.09 Å². The molecule has 3 aromatic rings. The molecule has 1 amide bonds. The van der Waals surface area contributed by atoms with Crippen LogP contribution in [-0.4, -0.2) is 77.5 Å². The number of fused-ring (bicyclic) bond motifs is 2. The number of hydrogen-bond acceptors (Lipinski definition) is 8. The number of methoxy groups -OCH3 is 1. The number of benzene rings is 1. The lowest BCUT2D eigenvalue weighted by atomic mass is 10.0.